The van der Waals surface area contributed by atoms with Gasteiger partial charge in [0.1, 0.15) is 0 Å². The molecule has 11 atom stereocenters. The number of carboxylic acid groups (broad SMARTS) is 2. The predicted molar refractivity (Wildman–Crippen MR) is 137 cm³/mol. The smallest absolute Gasteiger partial charge is 0.312 e. The molecule has 4 saturated carbocycles. The van der Waals surface area contributed by atoms with Gasteiger partial charge in [-0.1, -0.05) is 46.3 Å². The van der Waals surface area contributed by atoms with E-state index in [0.29, 0.717) is 44.9 Å². The fraction of sp³-hybridized carbons (Fsp3) is 0.867. The van der Waals surface area contributed by atoms with Gasteiger partial charge in [-0.25, -0.2) is 0 Å². The first-order chi connectivity index (χ1) is 16.9. The minimum atomic E-state index is -1.44. The number of carbonyl (C=O) groups is 2. The molecule has 4 fully saturated rings. The summed E-state index contributed by atoms with van der Waals surface area (Å²) in [5, 5.41) is 54.3. The second kappa shape index (κ2) is 7.82. The highest BCUT2D eigenvalue weighted by molar-refractivity contribution is 5.77. The number of hydrogen-bond donors (Lipinski definition) is 5. The molecule has 0 aromatic heterocycles. The molecule has 5 aliphatic carbocycles. The molecule has 5 rings (SSSR count). The monoisotopic (exact) mass is 518 g/mol. The van der Waals surface area contributed by atoms with Crippen molar-refractivity contribution in [3.05, 3.63) is 11.6 Å². The van der Waals surface area contributed by atoms with Crippen molar-refractivity contribution in [1.29, 1.82) is 0 Å². The Labute approximate surface area is 220 Å². The molecule has 0 aromatic carbocycles. The molecule has 37 heavy (non-hydrogen) atoms. The molecule has 7 heteroatoms. The number of allylic oxidation sites excluding steroid dienone is 1. The van der Waals surface area contributed by atoms with Crippen LogP contribution in [0.2, 0.25) is 0 Å². The zero-order valence-corrected chi connectivity index (χ0v) is 23.3. The fourth-order valence-corrected chi connectivity index (χ4v) is 10.7. The summed E-state index contributed by atoms with van der Waals surface area (Å²) >= 11 is 0. The first-order valence-corrected chi connectivity index (χ1v) is 14.1. The van der Waals surface area contributed by atoms with Crippen molar-refractivity contribution in [2.24, 2.45) is 50.2 Å². The number of rotatable bonds is 2. The molecule has 208 valence electrons. The molecular formula is C30H46O7. The second-order valence-corrected chi connectivity index (χ2v) is 15.0. The van der Waals surface area contributed by atoms with Gasteiger partial charge in [0.25, 0.3) is 0 Å². The molecule has 5 aliphatic rings. The van der Waals surface area contributed by atoms with Crippen molar-refractivity contribution in [3.63, 3.8) is 0 Å². The maximum atomic E-state index is 12.8. The highest BCUT2D eigenvalue weighted by Gasteiger charge is 2.72. The summed E-state index contributed by atoms with van der Waals surface area (Å²) in [6.07, 6.45) is 3.88. The van der Waals surface area contributed by atoms with E-state index >= 15 is 0 Å². The van der Waals surface area contributed by atoms with Crippen LogP contribution in [0.5, 0.6) is 0 Å². The van der Waals surface area contributed by atoms with E-state index in [1.165, 1.54) is 0 Å². The number of aliphatic carboxylic acids is 2. The van der Waals surface area contributed by atoms with Gasteiger partial charge in [0, 0.05) is 5.92 Å². The number of aliphatic hydroxyl groups is 3. The van der Waals surface area contributed by atoms with E-state index in [0.717, 1.165) is 12.0 Å². The average Bonchev–Trinajstić information content (AvgIpc) is 2.80. The van der Waals surface area contributed by atoms with Crippen LogP contribution in [0.3, 0.4) is 0 Å². The second-order valence-electron chi connectivity index (χ2n) is 15.0. The van der Waals surface area contributed by atoms with E-state index in [1.54, 1.807) is 6.92 Å². The minimum Gasteiger partial charge on any atom is -0.481 e. The Bertz CT molecular complexity index is 1050. The lowest BCUT2D eigenvalue weighted by Crippen LogP contribution is -2.69. The van der Waals surface area contributed by atoms with Gasteiger partial charge in [-0.3, -0.25) is 9.59 Å². The van der Waals surface area contributed by atoms with E-state index < -0.39 is 52.4 Å². The van der Waals surface area contributed by atoms with E-state index in [2.05, 4.69) is 26.8 Å². The van der Waals surface area contributed by atoms with E-state index in [-0.39, 0.29) is 28.1 Å². The van der Waals surface area contributed by atoms with Crippen LogP contribution < -0.4 is 0 Å². The van der Waals surface area contributed by atoms with Crippen LogP contribution in [0.15, 0.2) is 11.6 Å². The summed E-state index contributed by atoms with van der Waals surface area (Å²) < 4.78 is 0. The number of fused-ring (bicyclic) bond motifs is 7. The Morgan fingerprint density at radius 1 is 0.811 bits per heavy atom. The molecule has 0 radical (unpaired) electrons. The molecule has 0 aliphatic heterocycles. The summed E-state index contributed by atoms with van der Waals surface area (Å²) in [7, 11) is 0. The van der Waals surface area contributed by atoms with Crippen LogP contribution in [0, 0.1) is 50.2 Å². The summed E-state index contributed by atoms with van der Waals surface area (Å²) in [4.78, 5) is 25.4. The fourth-order valence-electron chi connectivity index (χ4n) is 10.7. The van der Waals surface area contributed by atoms with Crippen molar-refractivity contribution < 1.29 is 35.1 Å². The maximum Gasteiger partial charge on any atom is 0.312 e. The van der Waals surface area contributed by atoms with E-state index in [1.807, 2.05) is 13.8 Å². The van der Waals surface area contributed by atoms with Crippen LogP contribution in [-0.4, -0.2) is 55.8 Å². The quantitative estimate of drug-likeness (QED) is 0.345. The molecule has 0 heterocycles. The lowest BCUT2D eigenvalue weighted by molar-refractivity contribution is -0.241. The van der Waals surface area contributed by atoms with Gasteiger partial charge in [-0.05, 0) is 91.8 Å². The summed E-state index contributed by atoms with van der Waals surface area (Å²) in [6.45, 7) is 12.3. The Hall–Kier alpha value is -1.44. The third kappa shape index (κ3) is 3.05. The first kappa shape index (κ1) is 27.1. The van der Waals surface area contributed by atoms with Crippen LogP contribution in [0.4, 0.5) is 0 Å². The predicted octanol–water partition coefficient (Wildman–Crippen LogP) is 4.24. The van der Waals surface area contributed by atoms with Crippen molar-refractivity contribution in [1.82, 2.24) is 0 Å². The molecule has 0 amide bonds. The van der Waals surface area contributed by atoms with Gasteiger partial charge < -0.3 is 25.5 Å². The molecule has 3 unspecified atom stereocenters. The average molecular weight is 519 g/mol. The summed E-state index contributed by atoms with van der Waals surface area (Å²) in [6, 6.07) is 0. The molecule has 0 spiro atoms. The molecule has 0 saturated heterocycles. The van der Waals surface area contributed by atoms with Crippen LogP contribution in [0.1, 0.15) is 92.9 Å². The largest absolute Gasteiger partial charge is 0.481 e. The highest BCUT2D eigenvalue weighted by Crippen LogP contribution is 2.75. The van der Waals surface area contributed by atoms with Gasteiger partial charge >= 0.3 is 11.9 Å². The zero-order chi connectivity index (χ0) is 27.6. The van der Waals surface area contributed by atoms with Gasteiger partial charge in [-0.15, -0.1) is 0 Å². The van der Waals surface area contributed by atoms with E-state index in [4.69, 9.17) is 0 Å². The van der Waals surface area contributed by atoms with Crippen molar-refractivity contribution in [3.8, 4) is 0 Å². The van der Waals surface area contributed by atoms with Gasteiger partial charge in [0.05, 0.1) is 29.1 Å². The molecule has 0 bridgehead atoms. The molecule has 0 aromatic rings. The maximum absolute atomic E-state index is 12.8. The lowest BCUT2D eigenvalue weighted by atomic mass is 9.33. The number of aliphatic hydroxyl groups excluding tert-OH is 3. The third-order valence-corrected chi connectivity index (χ3v) is 13.4. The molecule has 7 nitrogen and oxygen atoms in total. The first-order valence-electron chi connectivity index (χ1n) is 14.1. The molecule has 5 N–H and O–H groups in total. The van der Waals surface area contributed by atoms with E-state index in [9.17, 15) is 35.1 Å². The number of hydrogen-bond acceptors (Lipinski definition) is 5. The van der Waals surface area contributed by atoms with Gasteiger partial charge in [0.2, 0.25) is 0 Å². The topological polar surface area (TPSA) is 135 Å². The minimum absolute atomic E-state index is 0.0689. The third-order valence-electron chi connectivity index (χ3n) is 13.4. The zero-order valence-electron chi connectivity index (χ0n) is 23.3. The van der Waals surface area contributed by atoms with Crippen molar-refractivity contribution in [2.75, 3.05) is 0 Å². The van der Waals surface area contributed by atoms with Gasteiger partial charge in [0.15, 0.2) is 0 Å². The molecular weight excluding hydrogens is 472 g/mol. The van der Waals surface area contributed by atoms with Gasteiger partial charge in [-0.2, -0.15) is 0 Å². The highest BCUT2D eigenvalue weighted by atomic mass is 16.4. The SMILES string of the molecule is CC1(C)CC[C@]2(C(=O)O)CC[C@@]3(C)C(=CCC4[C@@]5(C)C[C@@H](O)[C@H](O)[C@](C)(C(=O)O)C5CC[C@]43C)C2[C@@H]1O. The Morgan fingerprint density at radius 3 is 2.03 bits per heavy atom. The Balaban J connectivity index is 1.64. The van der Waals surface area contributed by atoms with Crippen molar-refractivity contribution in [2.45, 2.75) is 111 Å². The Kier molecular flexibility index (Phi) is 5.73. The van der Waals surface area contributed by atoms with Crippen LogP contribution in [0.25, 0.3) is 0 Å². The normalized spacial score (nSPS) is 54.6. The Morgan fingerprint density at radius 2 is 1.43 bits per heavy atom. The lowest BCUT2D eigenvalue weighted by Gasteiger charge is -2.71. The van der Waals surface area contributed by atoms with Crippen LogP contribution in [-0.2, 0) is 9.59 Å². The number of carboxylic acids is 2. The van der Waals surface area contributed by atoms with Crippen LogP contribution >= 0.6 is 0 Å². The summed E-state index contributed by atoms with van der Waals surface area (Å²) in [5.41, 5.74) is -2.80. The van der Waals surface area contributed by atoms with Crippen molar-refractivity contribution >= 4 is 11.9 Å². The summed E-state index contributed by atoms with van der Waals surface area (Å²) in [5.74, 6) is -2.53. The standard InChI is InChI=1S/C30H46O7/c1-25(2)11-13-30(24(36)37)14-12-27(4)16(20(30)22(25)33)7-8-18-26(3)15-17(31)21(32)29(6,23(34)35)19(26)9-10-28(18,27)5/h7,17-22,31-33H,8-15H2,1-6H3,(H,34,35)(H,36,37)/t17-,18?,19?,20?,21+,22+,26-,27+,28-,29-,30+/m1/s1.